The summed E-state index contributed by atoms with van der Waals surface area (Å²) in [6.07, 6.45) is -0.526. The molecule has 0 heterocycles. The molecule has 0 aromatic heterocycles. The van der Waals surface area contributed by atoms with Gasteiger partial charge in [-0.1, -0.05) is 23.2 Å². The minimum Gasteiger partial charge on any atom is -0.488 e. The normalized spacial score (nSPS) is 12.2. The topological polar surface area (TPSA) is 46.5 Å². The fraction of sp³-hybridized carbons (Fsp3) is 0.300. The van der Waals surface area contributed by atoms with E-state index < -0.39 is 12.1 Å². The number of benzene rings is 1. The molecule has 0 amide bonds. The Kier molecular flexibility index (Phi) is 4.24. The summed E-state index contributed by atoms with van der Waals surface area (Å²) in [7, 11) is 0. The van der Waals surface area contributed by atoms with Crippen molar-refractivity contribution in [1.29, 1.82) is 0 Å². The van der Waals surface area contributed by atoms with E-state index in [4.69, 9.17) is 33.0 Å². The van der Waals surface area contributed by atoms with Crippen molar-refractivity contribution in [2.75, 3.05) is 0 Å². The molecule has 82 valence electrons. The maximum Gasteiger partial charge on any atom is 0.307 e. The lowest BCUT2D eigenvalue weighted by atomic mass is 10.3. The molecule has 3 nitrogen and oxygen atoms in total. The van der Waals surface area contributed by atoms with Crippen LogP contribution in [0, 0.1) is 0 Å². The van der Waals surface area contributed by atoms with Crippen molar-refractivity contribution in [1.82, 2.24) is 0 Å². The SMILES string of the molecule is C[C@H](CC(=O)O)Oc1cc(Cl)ccc1Cl. The maximum absolute atomic E-state index is 10.4. The molecular weight excluding hydrogens is 239 g/mol. The van der Waals surface area contributed by atoms with E-state index in [9.17, 15) is 4.79 Å². The van der Waals surface area contributed by atoms with Crippen LogP contribution in [0.25, 0.3) is 0 Å². The fourth-order valence-electron chi connectivity index (χ4n) is 1.07. The van der Waals surface area contributed by atoms with E-state index >= 15 is 0 Å². The largest absolute Gasteiger partial charge is 0.488 e. The summed E-state index contributed by atoms with van der Waals surface area (Å²) < 4.78 is 5.34. The molecular formula is C10H10Cl2O3. The van der Waals surface area contributed by atoms with Crippen LogP contribution in [-0.2, 0) is 4.79 Å². The predicted molar refractivity (Wildman–Crippen MR) is 58.8 cm³/mol. The first-order valence-electron chi connectivity index (χ1n) is 4.32. The van der Waals surface area contributed by atoms with Gasteiger partial charge in [-0.3, -0.25) is 4.79 Å². The number of aliphatic carboxylic acids is 1. The predicted octanol–water partition coefficient (Wildman–Crippen LogP) is 3.24. The van der Waals surface area contributed by atoms with Crippen LogP contribution in [0.4, 0.5) is 0 Å². The van der Waals surface area contributed by atoms with Gasteiger partial charge in [0.05, 0.1) is 11.4 Å². The second-order valence-corrected chi connectivity index (χ2v) is 3.94. The van der Waals surface area contributed by atoms with Gasteiger partial charge in [-0.15, -0.1) is 0 Å². The number of hydrogen-bond acceptors (Lipinski definition) is 2. The van der Waals surface area contributed by atoms with Crippen LogP contribution in [0.15, 0.2) is 18.2 Å². The van der Waals surface area contributed by atoms with Gasteiger partial charge >= 0.3 is 5.97 Å². The summed E-state index contributed by atoms with van der Waals surface area (Å²) in [6, 6.07) is 4.80. The molecule has 5 heteroatoms. The van der Waals surface area contributed by atoms with E-state index in [1.807, 2.05) is 0 Å². The third kappa shape index (κ3) is 3.98. The highest BCUT2D eigenvalue weighted by Gasteiger charge is 2.11. The highest BCUT2D eigenvalue weighted by Crippen LogP contribution is 2.28. The molecule has 0 spiro atoms. The van der Waals surface area contributed by atoms with Gasteiger partial charge in [0.15, 0.2) is 0 Å². The zero-order chi connectivity index (χ0) is 11.4. The van der Waals surface area contributed by atoms with Crippen LogP contribution in [0.3, 0.4) is 0 Å². The van der Waals surface area contributed by atoms with Crippen molar-refractivity contribution in [3.63, 3.8) is 0 Å². The summed E-state index contributed by atoms with van der Waals surface area (Å²) in [5.74, 6) is -0.515. The molecule has 0 unspecified atom stereocenters. The molecule has 0 aliphatic carbocycles. The van der Waals surface area contributed by atoms with Crippen molar-refractivity contribution >= 4 is 29.2 Å². The van der Waals surface area contributed by atoms with Crippen LogP contribution in [0.5, 0.6) is 5.75 Å². The lowest BCUT2D eigenvalue weighted by molar-refractivity contribution is -0.138. The average Bonchev–Trinajstić information content (AvgIpc) is 2.10. The van der Waals surface area contributed by atoms with Crippen molar-refractivity contribution in [3.05, 3.63) is 28.2 Å². The number of carboxylic acid groups (broad SMARTS) is 1. The summed E-state index contributed by atoms with van der Waals surface area (Å²) in [4.78, 5) is 10.4. The first kappa shape index (κ1) is 12.1. The van der Waals surface area contributed by atoms with Gasteiger partial charge in [0.25, 0.3) is 0 Å². The van der Waals surface area contributed by atoms with E-state index in [1.165, 1.54) is 0 Å². The molecule has 1 rings (SSSR count). The van der Waals surface area contributed by atoms with E-state index in [-0.39, 0.29) is 6.42 Å². The number of hydrogen-bond donors (Lipinski definition) is 1. The number of ether oxygens (including phenoxy) is 1. The van der Waals surface area contributed by atoms with Crippen LogP contribution >= 0.6 is 23.2 Å². The van der Waals surface area contributed by atoms with Crippen molar-refractivity contribution in [3.8, 4) is 5.75 Å². The molecule has 1 atom stereocenters. The molecule has 1 aromatic carbocycles. The van der Waals surface area contributed by atoms with Crippen molar-refractivity contribution < 1.29 is 14.6 Å². The first-order chi connectivity index (χ1) is 6.99. The second-order valence-electron chi connectivity index (χ2n) is 3.10. The maximum atomic E-state index is 10.4. The quantitative estimate of drug-likeness (QED) is 0.890. The van der Waals surface area contributed by atoms with E-state index in [1.54, 1.807) is 25.1 Å². The van der Waals surface area contributed by atoms with E-state index in [0.717, 1.165) is 0 Å². The Bertz CT molecular complexity index is 366. The Morgan fingerprint density at radius 3 is 2.80 bits per heavy atom. The lowest BCUT2D eigenvalue weighted by Crippen LogP contribution is -2.16. The first-order valence-corrected chi connectivity index (χ1v) is 5.08. The Hall–Kier alpha value is -0.930. The van der Waals surface area contributed by atoms with Gasteiger partial charge < -0.3 is 9.84 Å². The fourth-order valence-corrected chi connectivity index (χ4v) is 1.40. The summed E-state index contributed by atoms with van der Waals surface area (Å²) in [5.41, 5.74) is 0. The Labute approximate surface area is 97.6 Å². The Morgan fingerprint density at radius 1 is 1.53 bits per heavy atom. The van der Waals surface area contributed by atoms with Crippen LogP contribution < -0.4 is 4.74 Å². The van der Waals surface area contributed by atoms with Crippen molar-refractivity contribution in [2.24, 2.45) is 0 Å². The summed E-state index contributed by atoms with van der Waals surface area (Å²) >= 11 is 11.6. The molecule has 1 N–H and O–H groups in total. The minimum absolute atomic E-state index is 0.0805. The monoisotopic (exact) mass is 248 g/mol. The van der Waals surface area contributed by atoms with Gasteiger partial charge in [0.1, 0.15) is 11.9 Å². The smallest absolute Gasteiger partial charge is 0.307 e. The molecule has 0 bridgehead atoms. The van der Waals surface area contributed by atoms with E-state index in [0.29, 0.717) is 15.8 Å². The Morgan fingerprint density at radius 2 is 2.20 bits per heavy atom. The second kappa shape index (κ2) is 5.24. The number of carbonyl (C=O) groups is 1. The standard InChI is InChI=1S/C10H10Cl2O3/c1-6(4-10(13)14)15-9-5-7(11)2-3-8(9)12/h2-3,5-6H,4H2,1H3,(H,13,14)/t6-/m1/s1. The zero-order valence-electron chi connectivity index (χ0n) is 8.04. The third-order valence-corrected chi connectivity index (χ3v) is 2.23. The number of halogens is 2. The summed E-state index contributed by atoms with van der Waals surface area (Å²) in [6.45, 7) is 1.66. The van der Waals surface area contributed by atoms with E-state index in [2.05, 4.69) is 0 Å². The highest BCUT2D eigenvalue weighted by molar-refractivity contribution is 6.34. The molecule has 1 aromatic rings. The molecule has 0 saturated carbocycles. The zero-order valence-corrected chi connectivity index (χ0v) is 9.55. The minimum atomic E-state index is -0.916. The van der Waals surface area contributed by atoms with Crippen LogP contribution in [0.1, 0.15) is 13.3 Å². The average molecular weight is 249 g/mol. The molecule has 15 heavy (non-hydrogen) atoms. The van der Waals surface area contributed by atoms with Gasteiger partial charge in [0.2, 0.25) is 0 Å². The van der Waals surface area contributed by atoms with Gasteiger partial charge in [-0.05, 0) is 19.1 Å². The molecule has 0 aliphatic rings. The van der Waals surface area contributed by atoms with Gasteiger partial charge in [-0.25, -0.2) is 0 Å². The molecule has 0 fully saturated rings. The van der Waals surface area contributed by atoms with Crippen LogP contribution in [-0.4, -0.2) is 17.2 Å². The van der Waals surface area contributed by atoms with Gasteiger partial charge in [-0.2, -0.15) is 0 Å². The highest BCUT2D eigenvalue weighted by atomic mass is 35.5. The third-order valence-electron chi connectivity index (χ3n) is 1.68. The molecule has 0 saturated heterocycles. The van der Waals surface area contributed by atoms with Crippen molar-refractivity contribution in [2.45, 2.75) is 19.4 Å². The molecule has 0 aliphatic heterocycles. The summed E-state index contributed by atoms with van der Waals surface area (Å²) in [5, 5.41) is 9.46. The number of carboxylic acids is 1. The lowest BCUT2D eigenvalue weighted by Gasteiger charge is -2.13. The number of rotatable bonds is 4. The van der Waals surface area contributed by atoms with Gasteiger partial charge in [0, 0.05) is 11.1 Å². The van der Waals surface area contributed by atoms with Crippen LogP contribution in [0.2, 0.25) is 10.0 Å². The Balaban J connectivity index is 2.71. The molecule has 0 radical (unpaired) electrons.